The number of piperazine rings is 1. The summed E-state index contributed by atoms with van der Waals surface area (Å²) in [6, 6.07) is 32.1. The first-order chi connectivity index (χ1) is 24.0. The van der Waals surface area contributed by atoms with Crippen molar-refractivity contribution >= 4 is 39.9 Å². The van der Waals surface area contributed by atoms with Crippen molar-refractivity contribution in [2.24, 2.45) is 0 Å². The van der Waals surface area contributed by atoms with E-state index in [0.29, 0.717) is 42.5 Å². The average Bonchev–Trinajstić information content (AvgIpc) is 3.46. The highest BCUT2D eigenvalue weighted by atomic mass is 35.5. The SMILES string of the molecule is O=C(c1ccc2n1Cc1ccccc1N(C(=O)c1ccc(-c3cccc4ccccc34)cc1Cl)C2)N1CCN(CCN2CCOCC2)CC1. The maximum Gasteiger partial charge on any atom is 0.270 e. The van der Waals surface area contributed by atoms with Crippen molar-refractivity contribution in [3.63, 3.8) is 0 Å². The maximum atomic E-state index is 14.3. The minimum Gasteiger partial charge on any atom is -0.379 e. The van der Waals surface area contributed by atoms with Crippen LogP contribution in [0.3, 0.4) is 0 Å². The summed E-state index contributed by atoms with van der Waals surface area (Å²) in [6.45, 7) is 9.66. The van der Waals surface area contributed by atoms with Crippen LogP contribution in [-0.4, -0.2) is 96.7 Å². The molecule has 0 saturated carbocycles. The van der Waals surface area contributed by atoms with Crippen LogP contribution in [0.5, 0.6) is 0 Å². The van der Waals surface area contributed by atoms with Crippen LogP contribution in [0.15, 0.2) is 97.1 Å². The van der Waals surface area contributed by atoms with E-state index in [4.69, 9.17) is 16.3 Å². The summed E-state index contributed by atoms with van der Waals surface area (Å²) in [7, 11) is 0. The van der Waals surface area contributed by atoms with Crippen LogP contribution in [0.25, 0.3) is 21.9 Å². The van der Waals surface area contributed by atoms with Crippen molar-refractivity contribution in [3.05, 3.63) is 125 Å². The van der Waals surface area contributed by atoms with E-state index in [0.717, 1.165) is 91.3 Å². The van der Waals surface area contributed by atoms with Crippen LogP contribution in [0.4, 0.5) is 5.69 Å². The molecule has 0 atom stereocenters. The normalized spacial score (nSPS) is 17.1. The van der Waals surface area contributed by atoms with Crippen LogP contribution < -0.4 is 4.90 Å². The molecule has 5 aromatic rings. The van der Waals surface area contributed by atoms with Gasteiger partial charge in [0.1, 0.15) is 5.69 Å². The third-order valence-electron chi connectivity index (χ3n) is 10.3. The summed E-state index contributed by atoms with van der Waals surface area (Å²) >= 11 is 6.90. The largest absolute Gasteiger partial charge is 0.379 e. The molecule has 1 aromatic heterocycles. The topological polar surface area (TPSA) is 61.3 Å². The molecule has 0 radical (unpaired) electrons. The van der Waals surface area contributed by atoms with E-state index in [2.05, 4.69) is 38.6 Å². The standard InChI is InChI=1S/C40H40ClN5O3/c41-36-26-30(34-10-5-8-29-6-1-3-9-33(29)34)12-14-35(36)39(47)46-28-32-13-15-38(45(32)27-31-7-2-4-11-37(31)46)40(48)44-20-18-42(19-21-44)16-17-43-22-24-49-25-23-43/h1-15,26H,16-25,27-28H2. The van der Waals surface area contributed by atoms with Gasteiger partial charge in [0.15, 0.2) is 0 Å². The van der Waals surface area contributed by atoms with Gasteiger partial charge in [-0.05, 0) is 57.8 Å². The number of rotatable bonds is 6. The van der Waals surface area contributed by atoms with E-state index in [9.17, 15) is 9.59 Å². The first-order valence-corrected chi connectivity index (χ1v) is 17.6. The molecule has 4 aromatic carbocycles. The predicted octanol–water partition coefficient (Wildman–Crippen LogP) is 6.26. The number of carbonyl (C=O) groups excluding carboxylic acids is 2. The van der Waals surface area contributed by atoms with Gasteiger partial charge in [-0.25, -0.2) is 0 Å². The second-order valence-corrected chi connectivity index (χ2v) is 13.5. The molecular weight excluding hydrogens is 634 g/mol. The number of carbonyl (C=O) groups is 2. The first-order valence-electron chi connectivity index (χ1n) is 17.2. The second-order valence-electron chi connectivity index (χ2n) is 13.1. The number of amides is 2. The van der Waals surface area contributed by atoms with Crippen molar-refractivity contribution in [1.82, 2.24) is 19.3 Å². The van der Waals surface area contributed by atoms with E-state index in [-0.39, 0.29) is 11.8 Å². The molecule has 0 unspecified atom stereocenters. The van der Waals surface area contributed by atoms with E-state index in [1.807, 2.05) is 77.7 Å². The number of halogens is 1. The zero-order valence-electron chi connectivity index (χ0n) is 27.6. The lowest BCUT2D eigenvalue weighted by molar-refractivity contribution is 0.0292. The Morgan fingerprint density at radius 3 is 2.24 bits per heavy atom. The number of ether oxygens (including phenoxy) is 1. The summed E-state index contributed by atoms with van der Waals surface area (Å²) in [4.78, 5) is 37.0. The Morgan fingerprint density at radius 1 is 0.694 bits per heavy atom. The number of aromatic nitrogens is 1. The fourth-order valence-electron chi connectivity index (χ4n) is 7.45. The lowest BCUT2D eigenvalue weighted by atomic mass is 9.97. The van der Waals surface area contributed by atoms with Crippen LogP contribution in [0, 0.1) is 0 Å². The molecule has 0 spiro atoms. The molecule has 2 saturated heterocycles. The number of para-hydroxylation sites is 1. The van der Waals surface area contributed by atoms with Crippen molar-refractivity contribution in [1.29, 1.82) is 0 Å². The highest BCUT2D eigenvalue weighted by Crippen LogP contribution is 2.35. The molecule has 3 aliphatic heterocycles. The Labute approximate surface area is 292 Å². The Kier molecular flexibility index (Phi) is 8.95. The minimum atomic E-state index is -0.169. The van der Waals surface area contributed by atoms with Crippen molar-refractivity contribution < 1.29 is 14.3 Å². The molecule has 0 aliphatic carbocycles. The van der Waals surface area contributed by atoms with Gasteiger partial charge in [-0.3, -0.25) is 19.4 Å². The zero-order valence-corrected chi connectivity index (χ0v) is 28.3. The van der Waals surface area contributed by atoms with Crippen LogP contribution >= 0.6 is 11.6 Å². The molecule has 8 rings (SSSR count). The smallest absolute Gasteiger partial charge is 0.270 e. The molecule has 8 nitrogen and oxygen atoms in total. The molecular formula is C40H40ClN5O3. The molecule has 49 heavy (non-hydrogen) atoms. The molecule has 4 heterocycles. The van der Waals surface area contributed by atoms with Gasteiger partial charge in [0.25, 0.3) is 11.8 Å². The Morgan fingerprint density at radius 2 is 1.43 bits per heavy atom. The maximum absolute atomic E-state index is 14.3. The van der Waals surface area contributed by atoms with Gasteiger partial charge in [0.05, 0.1) is 36.9 Å². The van der Waals surface area contributed by atoms with E-state index >= 15 is 0 Å². The van der Waals surface area contributed by atoms with Gasteiger partial charge in [0, 0.05) is 63.7 Å². The van der Waals surface area contributed by atoms with E-state index in [1.165, 1.54) is 0 Å². The molecule has 0 bridgehead atoms. The molecule has 250 valence electrons. The van der Waals surface area contributed by atoms with Crippen molar-refractivity contribution in [2.45, 2.75) is 13.1 Å². The number of morpholine rings is 1. The fourth-order valence-corrected chi connectivity index (χ4v) is 7.71. The highest BCUT2D eigenvalue weighted by molar-refractivity contribution is 6.35. The van der Waals surface area contributed by atoms with Crippen LogP contribution in [-0.2, 0) is 17.8 Å². The Balaban J connectivity index is 1.01. The summed E-state index contributed by atoms with van der Waals surface area (Å²) in [5, 5.41) is 2.70. The van der Waals surface area contributed by atoms with Crippen LogP contribution in [0.1, 0.15) is 32.1 Å². The van der Waals surface area contributed by atoms with Crippen molar-refractivity contribution in [2.75, 3.05) is 70.5 Å². The number of benzene rings is 4. The second kappa shape index (κ2) is 13.8. The van der Waals surface area contributed by atoms with Crippen LogP contribution in [0.2, 0.25) is 5.02 Å². The van der Waals surface area contributed by atoms with Gasteiger partial charge >= 0.3 is 0 Å². The third-order valence-corrected chi connectivity index (χ3v) is 10.6. The molecule has 0 N–H and O–H groups in total. The average molecular weight is 674 g/mol. The molecule has 9 heteroatoms. The first kappa shape index (κ1) is 31.8. The van der Waals surface area contributed by atoms with E-state index < -0.39 is 0 Å². The zero-order chi connectivity index (χ0) is 33.3. The lowest BCUT2D eigenvalue weighted by Crippen LogP contribution is -2.51. The van der Waals surface area contributed by atoms with Gasteiger partial charge in [-0.1, -0.05) is 78.3 Å². The summed E-state index contributed by atoms with van der Waals surface area (Å²) in [5.41, 5.74) is 5.88. The van der Waals surface area contributed by atoms with E-state index in [1.54, 1.807) is 4.90 Å². The van der Waals surface area contributed by atoms with Gasteiger partial charge in [-0.2, -0.15) is 0 Å². The number of hydrogen-bond donors (Lipinski definition) is 0. The fraction of sp³-hybridized carbons (Fsp3) is 0.300. The number of anilines is 1. The monoisotopic (exact) mass is 673 g/mol. The highest BCUT2D eigenvalue weighted by Gasteiger charge is 2.30. The summed E-state index contributed by atoms with van der Waals surface area (Å²) < 4.78 is 7.57. The third kappa shape index (κ3) is 6.37. The number of hydrogen-bond acceptors (Lipinski definition) is 5. The van der Waals surface area contributed by atoms with Gasteiger partial charge < -0.3 is 19.1 Å². The lowest BCUT2D eigenvalue weighted by Gasteiger charge is -2.36. The van der Waals surface area contributed by atoms with Gasteiger partial charge in [-0.15, -0.1) is 0 Å². The molecule has 2 amide bonds. The summed E-state index contributed by atoms with van der Waals surface area (Å²) in [6.07, 6.45) is 0. The summed E-state index contributed by atoms with van der Waals surface area (Å²) in [5.74, 6) is -0.124. The van der Waals surface area contributed by atoms with Crippen molar-refractivity contribution in [3.8, 4) is 11.1 Å². The minimum absolute atomic E-state index is 0.0448. The predicted molar refractivity (Wildman–Crippen MR) is 194 cm³/mol. The van der Waals surface area contributed by atoms with Gasteiger partial charge in [0.2, 0.25) is 0 Å². The number of nitrogens with zero attached hydrogens (tertiary/aromatic N) is 5. The molecule has 2 fully saturated rings. The Bertz CT molecular complexity index is 2010. The molecule has 3 aliphatic rings. The quantitative estimate of drug-likeness (QED) is 0.213. The number of fused-ring (bicyclic) bond motifs is 3. The Hall–Kier alpha value is -4.47.